The van der Waals surface area contributed by atoms with Crippen molar-refractivity contribution in [3.63, 3.8) is 0 Å². The molecule has 9 heteroatoms. The fourth-order valence-electron chi connectivity index (χ4n) is 3.40. The van der Waals surface area contributed by atoms with Gasteiger partial charge < -0.3 is 19.9 Å². The number of aromatic nitrogens is 1. The zero-order chi connectivity index (χ0) is 24.8. The van der Waals surface area contributed by atoms with Gasteiger partial charge in [-0.15, -0.1) is 11.3 Å². The highest BCUT2D eigenvalue weighted by Gasteiger charge is 2.15. The number of carbonyl (C=O) groups excluding carboxylic acids is 2. The van der Waals surface area contributed by atoms with Crippen molar-refractivity contribution in [2.24, 2.45) is 5.73 Å². The highest BCUT2D eigenvalue weighted by atomic mass is 32.1. The van der Waals surface area contributed by atoms with Gasteiger partial charge in [0.1, 0.15) is 23.9 Å². The summed E-state index contributed by atoms with van der Waals surface area (Å²) >= 11 is 1.31. The molecule has 0 saturated heterocycles. The van der Waals surface area contributed by atoms with Gasteiger partial charge in [-0.25, -0.2) is 4.98 Å². The number of anilines is 1. The summed E-state index contributed by atoms with van der Waals surface area (Å²) in [5, 5.41) is 5.13. The summed E-state index contributed by atoms with van der Waals surface area (Å²) < 4.78 is 16.5. The molecule has 0 unspecified atom stereocenters. The standard InChI is InChI=1S/C26H23N3O5S/c1-32-18-10-11-22(33-2)20(13-18)21-15-35-26(28-21)29-25(31)17-7-5-6-16(12-17)14-34-23-9-4-3-8-19(23)24(27)30/h3-13,15H,14H2,1-2H3,(H2,27,30)(H,28,29,31). The van der Waals surface area contributed by atoms with Crippen molar-refractivity contribution < 1.29 is 23.8 Å². The number of nitrogens with two attached hydrogens (primary N) is 1. The van der Waals surface area contributed by atoms with Gasteiger partial charge in [-0.2, -0.15) is 0 Å². The summed E-state index contributed by atoms with van der Waals surface area (Å²) in [6, 6.07) is 19.2. The third kappa shape index (κ3) is 5.59. The van der Waals surface area contributed by atoms with Crippen molar-refractivity contribution in [1.29, 1.82) is 0 Å². The molecule has 0 aliphatic carbocycles. The molecule has 0 fully saturated rings. The van der Waals surface area contributed by atoms with Crippen LogP contribution in [0.3, 0.4) is 0 Å². The van der Waals surface area contributed by atoms with Crippen LogP contribution < -0.4 is 25.3 Å². The van der Waals surface area contributed by atoms with Gasteiger partial charge in [-0.1, -0.05) is 24.3 Å². The lowest BCUT2D eigenvalue weighted by atomic mass is 10.1. The average molecular weight is 490 g/mol. The number of hydrogen-bond donors (Lipinski definition) is 2. The van der Waals surface area contributed by atoms with E-state index in [1.165, 1.54) is 11.3 Å². The van der Waals surface area contributed by atoms with Crippen LogP contribution in [0.5, 0.6) is 17.2 Å². The first-order valence-electron chi connectivity index (χ1n) is 10.6. The van der Waals surface area contributed by atoms with Crippen LogP contribution in [0.15, 0.2) is 72.1 Å². The lowest BCUT2D eigenvalue weighted by Crippen LogP contribution is -2.13. The minimum Gasteiger partial charge on any atom is -0.497 e. The molecule has 0 radical (unpaired) electrons. The molecule has 0 aliphatic heterocycles. The maximum Gasteiger partial charge on any atom is 0.257 e. The SMILES string of the molecule is COc1ccc(OC)c(-c2csc(NC(=O)c3cccc(COc4ccccc4C(N)=O)c3)n2)c1. The monoisotopic (exact) mass is 489 g/mol. The summed E-state index contributed by atoms with van der Waals surface area (Å²) in [5.74, 6) is 0.848. The molecular formula is C26H23N3O5S. The average Bonchev–Trinajstić information content (AvgIpc) is 3.35. The van der Waals surface area contributed by atoms with E-state index in [9.17, 15) is 9.59 Å². The fourth-order valence-corrected chi connectivity index (χ4v) is 4.10. The van der Waals surface area contributed by atoms with E-state index in [1.807, 2.05) is 17.5 Å². The van der Waals surface area contributed by atoms with Crippen LogP contribution in [0.4, 0.5) is 5.13 Å². The first-order valence-corrected chi connectivity index (χ1v) is 11.5. The number of hydrogen-bond acceptors (Lipinski definition) is 7. The van der Waals surface area contributed by atoms with Crippen molar-refractivity contribution in [3.8, 4) is 28.5 Å². The van der Waals surface area contributed by atoms with E-state index in [1.54, 1.807) is 68.8 Å². The Hall–Kier alpha value is -4.37. The maximum absolute atomic E-state index is 12.9. The molecule has 0 bridgehead atoms. The highest BCUT2D eigenvalue weighted by Crippen LogP contribution is 2.35. The van der Waals surface area contributed by atoms with Crippen molar-refractivity contribution in [3.05, 3.63) is 88.8 Å². The third-order valence-corrected chi connectivity index (χ3v) is 5.90. The Balaban J connectivity index is 1.46. The smallest absolute Gasteiger partial charge is 0.257 e. The van der Waals surface area contributed by atoms with Crippen molar-refractivity contribution in [2.75, 3.05) is 19.5 Å². The number of nitrogens with zero attached hydrogens (tertiary/aromatic N) is 1. The number of methoxy groups -OCH3 is 2. The summed E-state index contributed by atoms with van der Waals surface area (Å²) in [6.07, 6.45) is 0. The lowest BCUT2D eigenvalue weighted by Gasteiger charge is -2.10. The minimum absolute atomic E-state index is 0.169. The number of ether oxygens (including phenoxy) is 3. The van der Waals surface area contributed by atoms with Gasteiger partial charge in [0.25, 0.3) is 11.8 Å². The normalized spacial score (nSPS) is 10.5. The second kappa shape index (κ2) is 10.7. The molecule has 1 aromatic heterocycles. The topological polar surface area (TPSA) is 113 Å². The number of benzene rings is 3. The van der Waals surface area contributed by atoms with E-state index in [-0.39, 0.29) is 12.5 Å². The van der Waals surface area contributed by atoms with Crippen LogP contribution in [-0.2, 0) is 6.61 Å². The Morgan fingerprint density at radius 3 is 2.57 bits per heavy atom. The Labute approximate surface area is 206 Å². The largest absolute Gasteiger partial charge is 0.497 e. The number of para-hydroxylation sites is 1. The summed E-state index contributed by atoms with van der Waals surface area (Å²) in [7, 11) is 3.18. The number of thiazole rings is 1. The molecule has 8 nitrogen and oxygen atoms in total. The first-order chi connectivity index (χ1) is 17.0. The van der Waals surface area contributed by atoms with Crippen LogP contribution in [0.2, 0.25) is 0 Å². The molecule has 0 spiro atoms. The Morgan fingerprint density at radius 2 is 1.80 bits per heavy atom. The van der Waals surface area contributed by atoms with E-state index in [0.29, 0.717) is 39.2 Å². The molecule has 3 aromatic carbocycles. The van der Waals surface area contributed by atoms with E-state index in [0.717, 1.165) is 11.1 Å². The van der Waals surface area contributed by atoms with Gasteiger partial charge in [-0.3, -0.25) is 14.9 Å². The zero-order valence-corrected chi connectivity index (χ0v) is 19.9. The molecular weight excluding hydrogens is 466 g/mol. The second-order valence-electron chi connectivity index (χ2n) is 7.41. The fraction of sp³-hybridized carbons (Fsp3) is 0.115. The molecule has 178 valence electrons. The van der Waals surface area contributed by atoms with Crippen LogP contribution in [0, 0.1) is 0 Å². The predicted octanol–water partition coefficient (Wildman–Crippen LogP) is 4.76. The quantitative estimate of drug-likeness (QED) is 0.351. The summed E-state index contributed by atoms with van der Waals surface area (Å²) in [4.78, 5) is 29.0. The molecule has 3 N–H and O–H groups in total. The van der Waals surface area contributed by atoms with Crippen LogP contribution >= 0.6 is 11.3 Å². The van der Waals surface area contributed by atoms with E-state index in [2.05, 4.69) is 10.3 Å². The molecule has 4 rings (SSSR count). The molecule has 0 atom stereocenters. The van der Waals surface area contributed by atoms with Gasteiger partial charge >= 0.3 is 0 Å². The zero-order valence-electron chi connectivity index (χ0n) is 19.1. The van der Waals surface area contributed by atoms with Crippen molar-refractivity contribution in [2.45, 2.75) is 6.61 Å². The lowest BCUT2D eigenvalue weighted by molar-refractivity contribution is 0.0994. The van der Waals surface area contributed by atoms with E-state index in [4.69, 9.17) is 19.9 Å². The summed E-state index contributed by atoms with van der Waals surface area (Å²) in [5.41, 5.74) is 8.34. The number of amides is 2. The third-order valence-electron chi connectivity index (χ3n) is 5.14. The predicted molar refractivity (Wildman–Crippen MR) is 134 cm³/mol. The van der Waals surface area contributed by atoms with Gasteiger partial charge in [0.05, 0.1) is 25.5 Å². The number of nitrogens with one attached hydrogen (secondary N) is 1. The Morgan fingerprint density at radius 1 is 0.971 bits per heavy atom. The van der Waals surface area contributed by atoms with Crippen LogP contribution in [0.1, 0.15) is 26.3 Å². The van der Waals surface area contributed by atoms with Gasteiger partial charge in [-0.05, 0) is 48.0 Å². The van der Waals surface area contributed by atoms with Crippen molar-refractivity contribution in [1.82, 2.24) is 4.98 Å². The van der Waals surface area contributed by atoms with Gasteiger partial charge in [0.15, 0.2) is 5.13 Å². The van der Waals surface area contributed by atoms with Gasteiger partial charge in [0, 0.05) is 16.5 Å². The maximum atomic E-state index is 12.9. The van der Waals surface area contributed by atoms with Crippen LogP contribution in [0.25, 0.3) is 11.3 Å². The number of carbonyl (C=O) groups is 2. The van der Waals surface area contributed by atoms with E-state index >= 15 is 0 Å². The van der Waals surface area contributed by atoms with Gasteiger partial charge in [0.2, 0.25) is 0 Å². The van der Waals surface area contributed by atoms with Crippen molar-refractivity contribution >= 4 is 28.3 Å². The minimum atomic E-state index is -0.567. The molecule has 0 saturated carbocycles. The molecule has 0 aliphatic rings. The Bertz CT molecular complexity index is 1370. The second-order valence-corrected chi connectivity index (χ2v) is 8.27. The highest BCUT2D eigenvalue weighted by molar-refractivity contribution is 7.14. The Kier molecular flexibility index (Phi) is 7.27. The summed E-state index contributed by atoms with van der Waals surface area (Å²) in [6.45, 7) is 0.169. The molecule has 35 heavy (non-hydrogen) atoms. The van der Waals surface area contributed by atoms with Crippen LogP contribution in [-0.4, -0.2) is 31.0 Å². The first kappa shape index (κ1) is 23.8. The number of primary amides is 1. The molecule has 2 amide bonds. The number of rotatable bonds is 9. The molecule has 1 heterocycles. The van der Waals surface area contributed by atoms with E-state index < -0.39 is 5.91 Å². The molecule has 4 aromatic rings.